The minimum atomic E-state index is -0.420. The van der Waals surface area contributed by atoms with E-state index in [0.29, 0.717) is 17.1 Å². The van der Waals surface area contributed by atoms with Crippen LogP contribution in [0.15, 0.2) is 41.3 Å². The monoisotopic (exact) mass is 296 g/mol. The van der Waals surface area contributed by atoms with Crippen molar-refractivity contribution in [1.29, 1.82) is 0 Å². The van der Waals surface area contributed by atoms with Gasteiger partial charge in [-0.1, -0.05) is 35.3 Å². The summed E-state index contributed by atoms with van der Waals surface area (Å²) in [7, 11) is 0. The van der Waals surface area contributed by atoms with Crippen molar-refractivity contribution in [3.05, 3.63) is 68.1 Å². The molecule has 0 saturated carbocycles. The van der Waals surface area contributed by atoms with Crippen molar-refractivity contribution in [2.24, 2.45) is 0 Å². The Hall–Kier alpha value is -1.78. The average molecular weight is 297 g/mol. The fraction of sp³-hybridized carbons (Fsp3) is 0.0769. The molecule has 2 aromatic rings. The van der Waals surface area contributed by atoms with Crippen molar-refractivity contribution < 1.29 is 4.79 Å². The number of aromatic amines is 1. The molecule has 6 heteroatoms. The summed E-state index contributed by atoms with van der Waals surface area (Å²) >= 11 is 11.4. The van der Waals surface area contributed by atoms with Crippen LogP contribution in [0.2, 0.25) is 10.0 Å². The molecule has 0 radical (unpaired) electrons. The molecule has 0 spiro atoms. The highest BCUT2D eigenvalue weighted by molar-refractivity contribution is 6.31. The molecule has 0 fully saturated rings. The lowest BCUT2D eigenvalue weighted by Crippen LogP contribution is -2.24. The van der Waals surface area contributed by atoms with Crippen LogP contribution in [-0.2, 0) is 6.54 Å². The molecular formula is C13H10Cl2N2O2. The van der Waals surface area contributed by atoms with E-state index in [2.05, 4.69) is 10.3 Å². The van der Waals surface area contributed by atoms with Crippen LogP contribution in [0.25, 0.3) is 0 Å². The molecule has 4 nitrogen and oxygen atoms in total. The minimum absolute atomic E-state index is 0.0147. The molecule has 1 heterocycles. The van der Waals surface area contributed by atoms with Gasteiger partial charge in [0, 0.05) is 17.8 Å². The van der Waals surface area contributed by atoms with Gasteiger partial charge in [0.05, 0.1) is 5.56 Å². The van der Waals surface area contributed by atoms with Gasteiger partial charge in [0.25, 0.3) is 11.5 Å². The summed E-state index contributed by atoms with van der Waals surface area (Å²) in [5.74, 6) is -0.312. The van der Waals surface area contributed by atoms with Crippen molar-refractivity contribution in [2.45, 2.75) is 6.54 Å². The normalized spacial score (nSPS) is 10.2. The number of pyridine rings is 1. The van der Waals surface area contributed by atoms with E-state index in [1.807, 2.05) is 12.1 Å². The van der Waals surface area contributed by atoms with Gasteiger partial charge in [-0.05, 0) is 23.8 Å². The van der Waals surface area contributed by atoms with Crippen LogP contribution in [-0.4, -0.2) is 10.9 Å². The maximum Gasteiger partial charge on any atom is 0.266 e. The third-order valence-corrected chi connectivity index (χ3v) is 3.02. The number of benzene rings is 1. The molecule has 0 atom stereocenters. The summed E-state index contributed by atoms with van der Waals surface area (Å²) in [5.41, 5.74) is 0.808. The Morgan fingerprint density at radius 2 is 1.89 bits per heavy atom. The van der Waals surface area contributed by atoms with E-state index >= 15 is 0 Å². The number of amides is 1. The van der Waals surface area contributed by atoms with Crippen molar-refractivity contribution >= 4 is 29.1 Å². The number of carbonyl (C=O) groups excluding carboxylic acids is 1. The third-order valence-electron chi connectivity index (χ3n) is 2.49. The van der Waals surface area contributed by atoms with Crippen molar-refractivity contribution in [3.8, 4) is 0 Å². The molecule has 98 valence electrons. The van der Waals surface area contributed by atoms with Gasteiger partial charge in [-0.25, -0.2) is 0 Å². The van der Waals surface area contributed by atoms with Crippen LogP contribution in [0, 0.1) is 0 Å². The molecule has 0 bridgehead atoms. The maximum absolute atomic E-state index is 11.8. The van der Waals surface area contributed by atoms with E-state index < -0.39 is 5.56 Å². The Bertz CT molecular complexity index is 650. The Labute approximate surface area is 119 Å². The summed E-state index contributed by atoms with van der Waals surface area (Å²) < 4.78 is 0. The summed E-state index contributed by atoms with van der Waals surface area (Å²) in [5, 5.41) is 3.35. The van der Waals surface area contributed by atoms with E-state index in [1.54, 1.807) is 12.1 Å². The number of rotatable bonds is 3. The summed E-state index contributed by atoms with van der Waals surface area (Å²) in [4.78, 5) is 25.3. The first kappa shape index (κ1) is 13.6. The second-order valence-electron chi connectivity index (χ2n) is 3.87. The fourth-order valence-corrected chi connectivity index (χ4v) is 1.77. The Morgan fingerprint density at radius 1 is 1.21 bits per heavy atom. The van der Waals surface area contributed by atoms with Crippen LogP contribution in [0.3, 0.4) is 0 Å². The van der Waals surface area contributed by atoms with Gasteiger partial charge in [0.15, 0.2) is 0 Å². The summed E-state index contributed by atoms with van der Waals surface area (Å²) in [6.07, 6.45) is 1.32. The Balaban J connectivity index is 2.03. The van der Waals surface area contributed by atoms with Crippen molar-refractivity contribution in [1.82, 2.24) is 10.3 Å². The number of H-pyrrole nitrogens is 1. The lowest BCUT2D eigenvalue weighted by atomic mass is 10.2. The molecule has 19 heavy (non-hydrogen) atoms. The lowest BCUT2D eigenvalue weighted by Gasteiger charge is -2.05. The van der Waals surface area contributed by atoms with Crippen LogP contribution in [0.1, 0.15) is 15.9 Å². The number of nitrogens with one attached hydrogen (secondary N) is 2. The standard InChI is InChI=1S/C13H10Cl2N2O2/c14-10-3-1-8(2-4-10)6-16-12(18)9-5-11(15)13(19)17-7-9/h1-5,7H,6H2,(H,16,18)(H,17,19). The zero-order chi connectivity index (χ0) is 13.8. The number of aromatic nitrogens is 1. The number of hydrogen-bond donors (Lipinski definition) is 2. The van der Waals surface area contributed by atoms with E-state index in [4.69, 9.17) is 23.2 Å². The van der Waals surface area contributed by atoms with E-state index in [9.17, 15) is 9.59 Å². The number of halogens is 2. The minimum Gasteiger partial charge on any atom is -0.348 e. The SMILES string of the molecule is O=C(NCc1ccc(Cl)cc1)c1c[nH]c(=O)c(Cl)c1. The first-order valence-electron chi connectivity index (χ1n) is 5.47. The van der Waals surface area contributed by atoms with Gasteiger partial charge in [0.2, 0.25) is 0 Å². The van der Waals surface area contributed by atoms with E-state index in [-0.39, 0.29) is 10.9 Å². The fourth-order valence-electron chi connectivity index (χ4n) is 1.47. The van der Waals surface area contributed by atoms with E-state index in [0.717, 1.165) is 5.56 Å². The second kappa shape index (κ2) is 5.91. The van der Waals surface area contributed by atoms with Crippen LogP contribution >= 0.6 is 23.2 Å². The molecule has 2 N–H and O–H groups in total. The quantitative estimate of drug-likeness (QED) is 0.914. The zero-order valence-corrected chi connectivity index (χ0v) is 11.3. The first-order chi connectivity index (χ1) is 9.06. The van der Waals surface area contributed by atoms with Crippen LogP contribution in [0.5, 0.6) is 0 Å². The molecule has 0 aliphatic rings. The molecule has 0 unspecified atom stereocenters. The highest BCUT2D eigenvalue weighted by Gasteiger charge is 2.07. The van der Waals surface area contributed by atoms with Gasteiger partial charge in [-0.3, -0.25) is 9.59 Å². The largest absolute Gasteiger partial charge is 0.348 e. The molecule has 0 aliphatic heterocycles. The molecule has 0 saturated heterocycles. The van der Waals surface area contributed by atoms with Crippen LogP contribution in [0.4, 0.5) is 0 Å². The van der Waals surface area contributed by atoms with Crippen molar-refractivity contribution in [3.63, 3.8) is 0 Å². The lowest BCUT2D eigenvalue weighted by molar-refractivity contribution is 0.0950. The smallest absolute Gasteiger partial charge is 0.266 e. The molecule has 1 amide bonds. The van der Waals surface area contributed by atoms with Crippen LogP contribution < -0.4 is 10.9 Å². The topological polar surface area (TPSA) is 62.0 Å². The third kappa shape index (κ3) is 3.59. The van der Waals surface area contributed by atoms with Gasteiger partial charge in [-0.2, -0.15) is 0 Å². The molecular weight excluding hydrogens is 287 g/mol. The van der Waals surface area contributed by atoms with E-state index in [1.165, 1.54) is 12.3 Å². The predicted octanol–water partition coefficient (Wildman–Crippen LogP) is 2.61. The maximum atomic E-state index is 11.8. The first-order valence-corrected chi connectivity index (χ1v) is 6.23. The zero-order valence-electron chi connectivity index (χ0n) is 9.74. The van der Waals surface area contributed by atoms with Gasteiger partial charge >= 0.3 is 0 Å². The van der Waals surface area contributed by atoms with Gasteiger partial charge in [-0.15, -0.1) is 0 Å². The van der Waals surface area contributed by atoms with Gasteiger partial charge < -0.3 is 10.3 Å². The number of carbonyl (C=O) groups is 1. The molecule has 1 aromatic heterocycles. The summed E-state index contributed by atoms with van der Waals surface area (Å²) in [6, 6.07) is 8.47. The molecule has 2 rings (SSSR count). The van der Waals surface area contributed by atoms with Crippen molar-refractivity contribution in [2.75, 3.05) is 0 Å². The highest BCUT2D eigenvalue weighted by atomic mass is 35.5. The number of hydrogen-bond acceptors (Lipinski definition) is 2. The molecule has 1 aromatic carbocycles. The van der Waals surface area contributed by atoms with Gasteiger partial charge in [0.1, 0.15) is 5.02 Å². The second-order valence-corrected chi connectivity index (χ2v) is 4.72. The average Bonchev–Trinajstić information content (AvgIpc) is 2.41. The predicted molar refractivity (Wildman–Crippen MR) is 74.7 cm³/mol. The molecule has 0 aliphatic carbocycles. The Kier molecular flexibility index (Phi) is 4.24. The summed E-state index contributed by atoms with van der Waals surface area (Å²) in [6.45, 7) is 0.368. The Morgan fingerprint density at radius 3 is 2.53 bits per heavy atom. The highest BCUT2D eigenvalue weighted by Crippen LogP contribution is 2.09.